The van der Waals surface area contributed by atoms with Gasteiger partial charge in [-0.05, 0) is 47.4 Å². The molecular weight excluding hydrogens is 208 g/mol. The Morgan fingerprint density at radius 3 is 1.59 bits per heavy atom. The molecule has 0 bridgehead atoms. The van der Waals surface area contributed by atoms with Gasteiger partial charge in [0, 0.05) is 5.56 Å². The van der Waals surface area contributed by atoms with Gasteiger partial charge in [0.15, 0.2) is 0 Å². The van der Waals surface area contributed by atoms with E-state index in [1.807, 2.05) is 6.07 Å². The van der Waals surface area contributed by atoms with E-state index in [4.69, 9.17) is 0 Å². The Bertz CT molecular complexity index is 390. The number of aryl methyl sites for hydroxylation is 1. The number of benzene rings is 1. The molecule has 1 aromatic rings. The van der Waals surface area contributed by atoms with E-state index in [-0.39, 0.29) is 10.8 Å². The third-order valence-electron chi connectivity index (χ3n) is 3.25. The zero-order valence-corrected chi connectivity index (χ0v) is 12.5. The third kappa shape index (κ3) is 2.65. The van der Waals surface area contributed by atoms with Gasteiger partial charge in [-0.3, -0.25) is 0 Å². The van der Waals surface area contributed by atoms with Crippen molar-refractivity contribution in [3.8, 4) is 5.75 Å². The van der Waals surface area contributed by atoms with E-state index in [2.05, 4.69) is 55.4 Å². The molecule has 0 fully saturated rings. The Morgan fingerprint density at radius 1 is 0.824 bits per heavy atom. The Labute approximate surface area is 106 Å². The molecule has 1 nitrogen and oxygen atoms in total. The minimum Gasteiger partial charge on any atom is -0.508 e. The lowest BCUT2D eigenvalue weighted by molar-refractivity contribution is 0.442. The summed E-state index contributed by atoms with van der Waals surface area (Å²) in [5.74, 6) is 0.431. The molecule has 0 amide bonds. The molecule has 0 radical (unpaired) electrons. The summed E-state index contributed by atoms with van der Waals surface area (Å²) in [6.45, 7) is 17.3. The van der Waals surface area contributed by atoms with Gasteiger partial charge in [-0.1, -0.05) is 41.5 Å². The highest BCUT2D eigenvalue weighted by Crippen LogP contribution is 2.40. The molecular formula is C16H26O. The van der Waals surface area contributed by atoms with Crippen LogP contribution in [0.25, 0.3) is 0 Å². The molecule has 0 atom stereocenters. The molecule has 1 heteroatoms. The summed E-state index contributed by atoms with van der Waals surface area (Å²) >= 11 is 0. The Balaban J connectivity index is 3.67. The highest BCUT2D eigenvalue weighted by Gasteiger charge is 2.27. The first kappa shape index (κ1) is 14.1. The summed E-state index contributed by atoms with van der Waals surface area (Å²) in [6, 6.07) is 1.91. The van der Waals surface area contributed by atoms with Gasteiger partial charge in [0.25, 0.3) is 0 Å². The lowest BCUT2D eigenvalue weighted by atomic mass is 9.74. The van der Waals surface area contributed by atoms with Gasteiger partial charge in [-0.2, -0.15) is 0 Å². The summed E-state index contributed by atoms with van der Waals surface area (Å²) in [6.07, 6.45) is 0. The molecule has 0 aromatic heterocycles. The second-order valence-electron chi connectivity index (χ2n) is 7.09. The van der Waals surface area contributed by atoms with Crippen LogP contribution in [0.2, 0.25) is 0 Å². The largest absolute Gasteiger partial charge is 0.508 e. The van der Waals surface area contributed by atoms with Crippen LogP contribution < -0.4 is 0 Å². The molecule has 0 aliphatic carbocycles. The lowest BCUT2D eigenvalue weighted by Crippen LogP contribution is -2.21. The van der Waals surface area contributed by atoms with Crippen molar-refractivity contribution in [2.24, 2.45) is 0 Å². The number of aromatic hydroxyl groups is 1. The monoisotopic (exact) mass is 234 g/mol. The van der Waals surface area contributed by atoms with Crippen molar-refractivity contribution in [1.29, 1.82) is 0 Å². The van der Waals surface area contributed by atoms with Crippen molar-refractivity contribution in [3.63, 3.8) is 0 Å². The molecule has 96 valence electrons. The average molecular weight is 234 g/mol. The van der Waals surface area contributed by atoms with Crippen LogP contribution in [0.15, 0.2) is 6.07 Å². The van der Waals surface area contributed by atoms with E-state index in [1.165, 1.54) is 16.7 Å². The predicted octanol–water partition coefficient (Wildman–Crippen LogP) is 4.60. The minimum atomic E-state index is -0.0259. The molecule has 0 heterocycles. The smallest absolute Gasteiger partial charge is 0.119 e. The summed E-state index contributed by atoms with van der Waals surface area (Å²) < 4.78 is 0. The van der Waals surface area contributed by atoms with E-state index < -0.39 is 0 Å². The molecule has 1 N–H and O–H groups in total. The van der Waals surface area contributed by atoms with Crippen LogP contribution in [0.1, 0.15) is 63.8 Å². The molecule has 0 aliphatic heterocycles. The van der Waals surface area contributed by atoms with Crippen LogP contribution in [0.5, 0.6) is 5.75 Å². The fourth-order valence-corrected chi connectivity index (χ4v) is 3.06. The standard InChI is InChI=1S/C16H26O/c1-10-9-12(17)14(16(6,7)8)11(2)13(10)15(3,4)5/h9,17H,1-8H3. The Hall–Kier alpha value is -0.980. The van der Waals surface area contributed by atoms with Gasteiger partial charge in [-0.25, -0.2) is 0 Å². The van der Waals surface area contributed by atoms with E-state index >= 15 is 0 Å². The van der Waals surface area contributed by atoms with Crippen LogP contribution in [0.3, 0.4) is 0 Å². The second kappa shape index (κ2) is 4.04. The van der Waals surface area contributed by atoms with E-state index in [1.54, 1.807) is 0 Å². The van der Waals surface area contributed by atoms with Gasteiger partial charge in [0.05, 0.1) is 0 Å². The van der Waals surface area contributed by atoms with Gasteiger partial charge in [0.2, 0.25) is 0 Å². The van der Waals surface area contributed by atoms with Crippen LogP contribution in [-0.2, 0) is 10.8 Å². The first-order chi connectivity index (χ1) is 7.46. The van der Waals surface area contributed by atoms with Gasteiger partial charge in [0.1, 0.15) is 5.75 Å². The first-order valence-corrected chi connectivity index (χ1v) is 6.30. The number of phenolic OH excluding ortho intramolecular Hbond substituents is 1. The number of rotatable bonds is 0. The molecule has 0 spiro atoms. The molecule has 0 unspecified atom stereocenters. The highest BCUT2D eigenvalue weighted by molar-refractivity contribution is 5.53. The minimum absolute atomic E-state index is 0.0259. The maximum Gasteiger partial charge on any atom is 0.119 e. The van der Waals surface area contributed by atoms with E-state index in [0.717, 1.165) is 5.56 Å². The van der Waals surface area contributed by atoms with Gasteiger partial charge in [-0.15, -0.1) is 0 Å². The van der Waals surface area contributed by atoms with Crippen LogP contribution in [0, 0.1) is 13.8 Å². The van der Waals surface area contributed by atoms with E-state index in [0.29, 0.717) is 5.75 Å². The zero-order valence-electron chi connectivity index (χ0n) is 12.5. The van der Waals surface area contributed by atoms with Crippen LogP contribution in [0.4, 0.5) is 0 Å². The molecule has 17 heavy (non-hydrogen) atoms. The maximum absolute atomic E-state index is 10.2. The first-order valence-electron chi connectivity index (χ1n) is 6.30. The zero-order chi connectivity index (χ0) is 13.6. The van der Waals surface area contributed by atoms with Gasteiger partial charge >= 0.3 is 0 Å². The Morgan fingerprint density at radius 2 is 1.24 bits per heavy atom. The summed E-state index contributed by atoms with van der Waals surface area (Å²) in [5.41, 5.74) is 4.94. The Kier molecular flexibility index (Phi) is 3.35. The second-order valence-corrected chi connectivity index (χ2v) is 7.09. The van der Waals surface area contributed by atoms with Crippen molar-refractivity contribution < 1.29 is 5.11 Å². The SMILES string of the molecule is Cc1cc(O)c(C(C)(C)C)c(C)c1C(C)(C)C. The fraction of sp³-hybridized carbons (Fsp3) is 0.625. The van der Waals surface area contributed by atoms with Gasteiger partial charge < -0.3 is 5.11 Å². The average Bonchev–Trinajstić information content (AvgIpc) is 1.94. The topological polar surface area (TPSA) is 20.2 Å². The maximum atomic E-state index is 10.2. The van der Waals surface area contributed by atoms with Crippen LogP contribution in [-0.4, -0.2) is 5.11 Å². The van der Waals surface area contributed by atoms with Crippen molar-refractivity contribution >= 4 is 0 Å². The highest BCUT2D eigenvalue weighted by atomic mass is 16.3. The molecule has 0 aliphatic rings. The van der Waals surface area contributed by atoms with Crippen molar-refractivity contribution in [3.05, 3.63) is 28.3 Å². The number of hydrogen-bond donors (Lipinski definition) is 1. The summed E-state index contributed by atoms with van der Waals surface area (Å²) in [4.78, 5) is 0. The molecule has 0 saturated carbocycles. The van der Waals surface area contributed by atoms with Crippen molar-refractivity contribution in [2.75, 3.05) is 0 Å². The number of phenols is 1. The lowest BCUT2D eigenvalue weighted by Gasteiger charge is -2.31. The molecule has 0 saturated heterocycles. The van der Waals surface area contributed by atoms with Crippen molar-refractivity contribution in [1.82, 2.24) is 0 Å². The molecule has 1 rings (SSSR count). The normalized spacial score (nSPS) is 12.9. The molecule has 1 aromatic carbocycles. The summed E-state index contributed by atoms with van der Waals surface area (Å²) in [7, 11) is 0. The third-order valence-corrected chi connectivity index (χ3v) is 3.25. The van der Waals surface area contributed by atoms with Crippen molar-refractivity contribution in [2.45, 2.75) is 66.2 Å². The fourth-order valence-electron chi connectivity index (χ4n) is 3.06. The summed E-state index contributed by atoms with van der Waals surface area (Å²) in [5, 5.41) is 10.2. The van der Waals surface area contributed by atoms with Crippen LogP contribution >= 0.6 is 0 Å². The quantitative estimate of drug-likeness (QED) is 0.695. The van der Waals surface area contributed by atoms with E-state index in [9.17, 15) is 5.11 Å². The predicted molar refractivity (Wildman–Crippen MR) is 75.0 cm³/mol. The number of hydrogen-bond acceptors (Lipinski definition) is 1.